The first-order chi connectivity index (χ1) is 13.4. The molecule has 0 aliphatic carbocycles. The average molecular weight is 381 g/mol. The minimum atomic E-state index is 0.151. The van der Waals surface area contributed by atoms with Crippen LogP contribution in [-0.2, 0) is 0 Å². The van der Waals surface area contributed by atoms with E-state index in [1.54, 1.807) is 12.4 Å². The van der Waals surface area contributed by atoms with Gasteiger partial charge in [0.05, 0.1) is 11.7 Å². The van der Waals surface area contributed by atoms with Crippen LogP contribution in [0, 0.1) is 12.8 Å². The molecule has 2 atom stereocenters. The summed E-state index contributed by atoms with van der Waals surface area (Å²) in [7, 11) is 0. The van der Waals surface area contributed by atoms with Crippen LogP contribution in [0.1, 0.15) is 39.1 Å². The van der Waals surface area contributed by atoms with Gasteiger partial charge in [0.25, 0.3) is 0 Å². The minimum Gasteiger partial charge on any atom is -0.339 e. The van der Waals surface area contributed by atoms with Crippen LogP contribution in [0.2, 0.25) is 0 Å². The summed E-state index contributed by atoms with van der Waals surface area (Å²) in [6.45, 7) is 10.2. The fourth-order valence-corrected chi connectivity index (χ4v) is 3.82. The fraction of sp³-hybridized carbons (Fsp3) is 0.500. The molecule has 148 valence electrons. The molecule has 8 heteroatoms. The number of hydrogen-bond acceptors (Lipinski definition) is 7. The Balaban J connectivity index is 1.58. The topological polar surface area (TPSA) is 97.8 Å². The van der Waals surface area contributed by atoms with Crippen LogP contribution in [-0.4, -0.2) is 43.6 Å². The van der Waals surface area contributed by atoms with E-state index in [4.69, 9.17) is 5.73 Å². The van der Waals surface area contributed by atoms with Gasteiger partial charge in [-0.3, -0.25) is 0 Å². The number of nitrogens with one attached hydrogen (secondary N) is 1. The summed E-state index contributed by atoms with van der Waals surface area (Å²) in [6.07, 6.45) is 4.63. The highest BCUT2D eigenvalue weighted by Crippen LogP contribution is 2.25. The summed E-state index contributed by atoms with van der Waals surface area (Å²) in [6, 6.07) is 4.36. The Labute approximate surface area is 165 Å². The van der Waals surface area contributed by atoms with Crippen LogP contribution >= 0.6 is 0 Å². The van der Waals surface area contributed by atoms with Gasteiger partial charge in [-0.1, -0.05) is 6.92 Å². The van der Waals surface area contributed by atoms with Crippen molar-refractivity contribution in [3.8, 4) is 0 Å². The first-order valence-electron chi connectivity index (χ1n) is 9.87. The van der Waals surface area contributed by atoms with Gasteiger partial charge in [0.15, 0.2) is 0 Å². The lowest BCUT2D eigenvalue weighted by atomic mass is 9.94. The Morgan fingerprint density at radius 1 is 1.21 bits per heavy atom. The van der Waals surface area contributed by atoms with E-state index >= 15 is 0 Å². The minimum absolute atomic E-state index is 0.151. The monoisotopic (exact) mass is 380 g/mol. The maximum absolute atomic E-state index is 6.23. The first kappa shape index (κ1) is 18.6. The van der Waals surface area contributed by atoms with Crippen LogP contribution in [0.3, 0.4) is 0 Å². The first-order valence-corrected chi connectivity index (χ1v) is 9.87. The molecule has 8 nitrogen and oxygen atoms in total. The molecule has 1 aliphatic rings. The number of aryl methyl sites for hydroxylation is 1. The lowest BCUT2D eigenvalue weighted by Crippen LogP contribution is -2.48. The summed E-state index contributed by atoms with van der Waals surface area (Å²) in [5.74, 6) is 3.68. The second-order valence-electron chi connectivity index (χ2n) is 7.92. The molecule has 0 radical (unpaired) electrons. The predicted molar refractivity (Wildman–Crippen MR) is 112 cm³/mol. The molecule has 28 heavy (non-hydrogen) atoms. The highest BCUT2D eigenvalue weighted by Gasteiger charge is 2.24. The fourth-order valence-electron chi connectivity index (χ4n) is 3.82. The zero-order valence-corrected chi connectivity index (χ0v) is 16.9. The number of imidazole rings is 1. The highest BCUT2D eigenvalue weighted by atomic mass is 15.3. The standard InChI is InChI=1S/C20H28N8/c1-12(2)28-14(4)24-16-10-23-19(9-17(16)28)25-18-5-7-22-20(26-18)27-8-6-13(3)15(21)11-27/h5,7,9-10,12-13,15H,6,8,11,21H2,1-4H3,(H,22,23,25,26)/t13?,15-/m1/s1. The third kappa shape index (κ3) is 3.52. The Bertz CT molecular complexity index is 979. The molecular formula is C20H28N8. The summed E-state index contributed by atoms with van der Waals surface area (Å²) in [5.41, 5.74) is 8.19. The van der Waals surface area contributed by atoms with Crippen molar-refractivity contribution in [2.24, 2.45) is 11.7 Å². The number of aromatic nitrogens is 5. The molecule has 1 aliphatic heterocycles. The van der Waals surface area contributed by atoms with Gasteiger partial charge in [-0.15, -0.1) is 0 Å². The van der Waals surface area contributed by atoms with Gasteiger partial charge >= 0.3 is 0 Å². The van der Waals surface area contributed by atoms with Crippen LogP contribution in [0.4, 0.5) is 17.6 Å². The number of pyridine rings is 1. The summed E-state index contributed by atoms with van der Waals surface area (Å²) >= 11 is 0. The zero-order chi connectivity index (χ0) is 19.8. The van der Waals surface area contributed by atoms with E-state index in [0.717, 1.165) is 48.0 Å². The average Bonchev–Trinajstić information content (AvgIpc) is 2.99. The van der Waals surface area contributed by atoms with Crippen molar-refractivity contribution >= 4 is 28.6 Å². The van der Waals surface area contributed by atoms with E-state index in [1.807, 2.05) is 19.1 Å². The summed E-state index contributed by atoms with van der Waals surface area (Å²) < 4.78 is 2.21. The largest absolute Gasteiger partial charge is 0.339 e. The molecule has 0 spiro atoms. The molecular weight excluding hydrogens is 352 g/mol. The number of piperidine rings is 1. The van der Waals surface area contributed by atoms with E-state index in [1.165, 1.54) is 0 Å². The van der Waals surface area contributed by atoms with Gasteiger partial charge in [-0.25, -0.2) is 15.0 Å². The molecule has 0 aromatic carbocycles. The molecule has 4 heterocycles. The maximum atomic E-state index is 6.23. The SMILES string of the molecule is Cc1nc2cnc(Nc3ccnc(N4CCC(C)[C@H](N)C4)n3)cc2n1C(C)C. The Hall–Kier alpha value is -2.74. The normalized spacial score (nSPS) is 20.1. The Kier molecular flexibility index (Phi) is 4.89. The number of nitrogens with two attached hydrogens (primary N) is 1. The number of anilines is 3. The van der Waals surface area contributed by atoms with Crippen LogP contribution in [0.15, 0.2) is 24.5 Å². The molecule has 3 aromatic heterocycles. The lowest BCUT2D eigenvalue weighted by Gasteiger charge is -2.35. The van der Waals surface area contributed by atoms with Gasteiger partial charge in [-0.05, 0) is 39.2 Å². The van der Waals surface area contributed by atoms with Crippen molar-refractivity contribution in [3.63, 3.8) is 0 Å². The molecule has 1 saturated heterocycles. The summed E-state index contributed by atoms with van der Waals surface area (Å²) in [4.78, 5) is 20.4. The van der Waals surface area contributed by atoms with E-state index < -0.39 is 0 Å². The molecule has 1 unspecified atom stereocenters. The van der Waals surface area contributed by atoms with Crippen molar-refractivity contribution in [2.75, 3.05) is 23.3 Å². The van der Waals surface area contributed by atoms with Gasteiger partial charge in [0.1, 0.15) is 23.0 Å². The smallest absolute Gasteiger partial charge is 0.227 e. The number of hydrogen-bond donors (Lipinski definition) is 2. The molecule has 4 rings (SSSR count). The molecule has 0 amide bonds. The van der Waals surface area contributed by atoms with Crippen molar-refractivity contribution < 1.29 is 0 Å². The van der Waals surface area contributed by atoms with Crippen molar-refractivity contribution in [3.05, 3.63) is 30.4 Å². The van der Waals surface area contributed by atoms with Crippen molar-refractivity contribution in [1.82, 2.24) is 24.5 Å². The molecule has 1 fully saturated rings. The molecule has 0 bridgehead atoms. The van der Waals surface area contributed by atoms with E-state index in [2.05, 4.69) is 55.5 Å². The molecule has 3 aromatic rings. The molecule has 3 N–H and O–H groups in total. The second-order valence-corrected chi connectivity index (χ2v) is 7.92. The third-order valence-corrected chi connectivity index (χ3v) is 5.47. The zero-order valence-electron chi connectivity index (χ0n) is 16.9. The highest BCUT2D eigenvalue weighted by molar-refractivity contribution is 5.79. The van der Waals surface area contributed by atoms with Gasteiger partial charge in [0.2, 0.25) is 5.95 Å². The number of rotatable bonds is 4. The third-order valence-electron chi connectivity index (χ3n) is 5.47. The Morgan fingerprint density at radius 3 is 2.79 bits per heavy atom. The van der Waals surface area contributed by atoms with Gasteiger partial charge < -0.3 is 20.5 Å². The number of nitrogens with zero attached hydrogens (tertiary/aromatic N) is 6. The Morgan fingerprint density at radius 2 is 2.04 bits per heavy atom. The van der Waals surface area contributed by atoms with Gasteiger partial charge in [-0.2, -0.15) is 4.98 Å². The van der Waals surface area contributed by atoms with Crippen molar-refractivity contribution in [2.45, 2.75) is 46.2 Å². The van der Waals surface area contributed by atoms with Crippen LogP contribution in [0.25, 0.3) is 11.0 Å². The lowest BCUT2D eigenvalue weighted by molar-refractivity contribution is 0.376. The predicted octanol–water partition coefficient (Wildman–Crippen LogP) is 3.03. The second kappa shape index (κ2) is 7.35. The van der Waals surface area contributed by atoms with E-state index in [0.29, 0.717) is 17.9 Å². The molecule has 0 saturated carbocycles. The van der Waals surface area contributed by atoms with Crippen LogP contribution < -0.4 is 16.0 Å². The quantitative estimate of drug-likeness (QED) is 0.718. The number of fused-ring (bicyclic) bond motifs is 1. The maximum Gasteiger partial charge on any atom is 0.227 e. The van der Waals surface area contributed by atoms with E-state index in [9.17, 15) is 0 Å². The van der Waals surface area contributed by atoms with Crippen molar-refractivity contribution in [1.29, 1.82) is 0 Å². The van der Waals surface area contributed by atoms with Crippen LogP contribution in [0.5, 0.6) is 0 Å². The van der Waals surface area contributed by atoms with Gasteiger partial charge in [0, 0.05) is 37.4 Å². The van der Waals surface area contributed by atoms with E-state index in [-0.39, 0.29) is 6.04 Å². The summed E-state index contributed by atoms with van der Waals surface area (Å²) in [5, 5.41) is 3.31.